The predicted molar refractivity (Wildman–Crippen MR) is 74.5 cm³/mol. The second kappa shape index (κ2) is 5.21. The molecule has 2 rings (SSSR count). The molecule has 1 aromatic rings. The third-order valence-electron chi connectivity index (χ3n) is 3.49. The molecule has 1 atom stereocenters. The second-order valence-electron chi connectivity index (χ2n) is 5.43. The number of carbonyl (C=O) groups is 1. The lowest BCUT2D eigenvalue weighted by Gasteiger charge is -2.33. The second-order valence-corrected chi connectivity index (χ2v) is 6.35. The van der Waals surface area contributed by atoms with Crippen molar-refractivity contribution in [3.63, 3.8) is 0 Å². The molecule has 1 unspecified atom stereocenters. The van der Waals surface area contributed by atoms with E-state index in [0.29, 0.717) is 11.0 Å². The first-order valence-electron chi connectivity index (χ1n) is 6.29. The van der Waals surface area contributed by atoms with Crippen LogP contribution in [0.1, 0.15) is 37.0 Å². The molecule has 0 aliphatic carbocycles. The molecule has 0 spiro atoms. The van der Waals surface area contributed by atoms with Gasteiger partial charge < -0.3 is 10.0 Å². The van der Waals surface area contributed by atoms with E-state index in [1.807, 2.05) is 0 Å². The van der Waals surface area contributed by atoms with Crippen LogP contribution in [-0.2, 0) is 0 Å². The fourth-order valence-electron chi connectivity index (χ4n) is 2.56. The van der Waals surface area contributed by atoms with Gasteiger partial charge in [-0.1, -0.05) is 15.9 Å². The Kier molecular flexibility index (Phi) is 3.97. The van der Waals surface area contributed by atoms with Crippen molar-refractivity contribution in [2.24, 2.45) is 0 Å². The summed E-state index contributed by atoms with van der Waals surface area (Å²) in [6.07, 6.45) is 1.57. The third-order valence-corrected chi connectivity index (χ3v) is 3.98. The van der Waals surface area contributed by atoms with Gasteiger partial charge in [-0.3, -0.25) is 4.79 Å². The maximum Gasteiger partial charge on any atom is 0.257 e. The van der Waals surface area contributed by atoms with E-state index in [-0.39, 0.29) is 17.5 Å². The van der Waals surface area contributed by atoms with Crippen molar-refractivity contribution in [2.45, 2.75) is 38.3 Å². The maximum atomic E-state index is 13.8. The SMILES string of the molecule is CC(C)(O)C1CCCN1C(=O)c1cc(Br)ccc1F. The normalized spacial score (nSPS) is 19.8. The zero-order chi connectivity index (χ0) is 14.2. The summed E-state index contributed by atoms with van der Waals surface area (Å²) in [6, 6.07) is 4.05. The van der Waals surface area contributed by atoms with Gasteiger partial charge in [-0.15, -0.1) is 0 Å². The Morgan fingerprint density at radius 3 is 2.84 bits per heavy atom. The Bertz CT molecular complexity index is 499. The van der Waals surface area contributed by atoms with Crippen molar-refractivity contribution in [3.05, 3.63) is 34.1 Å². The van der Waals surface area contributed by atoms with Crippen LogP contribution in [0.5, 0.6) is 0 Å². The molecule has 1 aliphatic rings. The maximum absolute atomic E-state index is 13.8. The van der Waals surface area contributed by atoms with Gasteiger partial charge in [0.2, 0.25) is 0 Å². The summed E-state index contributed by atoms with van der Waals surface area (Å²) >= 11 is 3.24. The summed E-state index contributed by atoms with van der Waals surface area (Å²) < 4.78 is 14.4. The van der Waals surface area contributed by atoms with Crippen LogP contribution in [0.25, 0.3) is 0 Å². The molecule has 0 aromatic heterocycles. The van der Waals surface area contributed by atoms with Crippen LogP contribution in [0.3, 0.4) is 0 Å². The van der Waals surface area contributed by atoms with Crippen molar-refractivity contribution in [3.8, 4) is 0 Å². The summed E-state index contributed by atoms with van der Waals surface area (Å²) in [5.41, 5.74) is -0.931. The molecule has 104 valence electrons. The van der Waals surface area contributed by atoms with Crippen molar-refractivity contribution in [1.29, 1.82) is 0 Å². The minimum Gasteiger partial charge on any atom is -0.388 e. The molecule has 1 heterocycles. The molecule has 5 heteroatoms. The van der Waals surface area contributed by atoms with Crippen LogP contribution < -0.4 is 0 Å². The fourth-order valence-corrected chi connectivity index (χ4v) is 2.92. The van der Waals surface area contributed by atoms with E-state index in [1.165, 1.54) is 12.1 Å². The zero-order valence-electron chi connectivity index (χ0n) is 11.0. The van der Waals surface area contributed by atoms with Gasteiger partial charge in [-0.2, -0.15) is 0 Å². The van der Waals surface area contributed by atoms with Gasteiger partial charge in [0.05, 0.1) is 17.2 Å². The molecule has 3 nitrogen and oxygen atoms in total. The van der Waals surface area contributed by atoms with Crippen LogP contribution in [0.2, 0.25) is 0 Å². The molecule has 1 N–H and O–H groups in total. The Morgan fingerprint density at radius 2 is 2.21 bits per heavy atom. The molecule has 0 saturated carbocycles. The van der Waals surface area contributed by atoms with E-state index in [9.17, 15) is 14.3 Å². The number of benzene rings is 1. The Labute approximate surface area is 120 Å². The summed E-state index contributed by atoms with van der Waals surface area (Å²) in [5, 5.41) is 10.1. The van der Waals surface area contributed by atoms with Crippen LogP contribution in [0, 0.1) is 5.82 Å². The highest BCUT2D eigenvalue weighted by atomic mass is 79.9. The van der Waals surface area contributed by atoms with E-state index < -0.39 is 11.4 Å². The Balaban J connectivity index is 2.31. The van der Waals surface area contributed by atoms with Gasteiger partial charge in [0, 0.05) is 11.0 Å². The van der Waals surface area contributed by atoms with Crippen molar-refractivity contribution >= 4 is 21.8 Å². The number of hydrogen-bond donors (Lipinski definition) is 1. The number of hydrogen-bond acceptors (Lipinski definition) is 2. The minimum atomic E-state index is -0.978. The zero-order valence-corrected chi connectivity index (χ0v) is 12.6. The quantitative estimate of drug-likeness (QED) is 0.906. The number of likely N-dealkylation sites (tertiary alicyclic amines) is 1. The highest BCUT2D eigenvalue weighted by Gasteiger charge is 2.39. The summed E-state index contributed by atoms with van der Waals surface area (Å²) in [6.45, 7) is 3.92. The summed E-state index contributed by atoms with van der Waals surface area (Å²) in [5.74, 6) is -0.891. The van der Waals surface area contributed by atoms with Crippen molar-refractivity contribution in [2.75, 3.05) is 6.54 Å². The summed E-state index contributed by atoms with van der Waals surface area (Å²) in [7, 11) is 0. The van der Waals surface area contributed by atoms with Gasteiger partial charge in [0.25, 0.3) is 5.91 Å². The van der Waals surface area contributed by atoms with Gasteiger partial charge in [-0.05, 0) is 44.9 Å². The molecule has 1 fully saturated rings. The molecule has 1 amide bonds. The van der Waals surface area contributed by atoms with Gasteiger partial charge in [-0.25, -0.2) is 4.39 Å². The van der Waals surface area contributed by atoms with Crippen LogP contribution in [0.15, 0.2) is 22.7 Å². The van der Waals surface area contributed by atoms with Crippen LogP contribution in [0.4, 0.5) is 4.39 Å². The predicted octanol–water partition coefficient (Wildman–Crippen LogP) is 2.96. The molecular formula is C14H17BrFNO2. The lowest BCUT2D eigenvalue weighted by molar-refractivity contribution is 0.000156. The molecule has 19 heavy (non-hydrogen) atoms. The topological polar surface area (TPSA) is 40.5 Å². The van der Waals surface area contributed by atoms with E-state index >= 15 is 0 Å². The number of aliphatic hydroxyl groups is 1. The van der Waals surface area contributed by atoms with E-state index in [1.54, 1.807) is 24.8 Å². The van der Waals surface area contributed by atoms with Gasteiger partial charge >= 0.3 is 0 Å². The van der Waals surface area contributed by atoms with Crippen molar-refractivity contribution in [1.82, 2.24) is 4.90 Å². The molecule has 1 aromatic carbocycles. The average molecular weight is 330 g/mol. The first kappa shape index (κ1) is 14.5. The third kappa shape index (κ3) is 2.98. The first-order valence-corrected chi connectivity index (χ1v) is 7.08. The van der Waals surface area contributed by atoms with Gasteiger partial charge in [0.15, 0.2) is 0 Å². The first-order chi connectivity index (χ1) is 8.80. The molecule has 1 saturated heterocycles. The lowest BCUT2D eigenvalue weighted by atomic mass is 9.96. The summed E-state index contributed by atoms with van der Waals surface area (Å²) in [4.78, 5) is 14.0. The number of nitrogens with zero attached hydrogens (tertiary/aromatic N) is 1. The molecular weight excluding hydrogens is 313 g/mol. The number of halogens is 2. The number of rotatable bonds is 2. The average Bonchev–Trinajstić information content (AvgIpc) is 2.80. The highest BCUT2D eigenvalue weighted by molar-refractivity contribution is 9.10. The molecule has 0 radical (unpaired) electrons. The van der Waals surface area contributed by atoms with E-state index in [2.05, 4.69) is 15.9 Å². The van der Waals surface area contributed by atoms with Crippen LogP contribution >= 0.6 is 15.9 Å². The number of amides is 1. The fraction of sp³-hybridized carbons (Fsp3) is 0.500. The minimum absolute atomic E-state index is 0.0468. The van der Waals surface area contributed by atoms with Crippen molar-refractivity contribution < 1.29 is 14.3 Å². The smallest absolute Gasteiger partial charge is 0.257 e. The van der Waals surface area contributed by atoms with E-state index in [4.69, 9.17) is 0 Å². The Morgan fingerprint density at radius 1 is 1.53 bits per heavy atom. The lowest BCUT2D eigenvalue weighted by Crippen LogP contribution is -2.48. The Hall–Kier alpha value is -0.940. The highest BCUT2D eigenvalue weighted by Crippen LogP contribution is 2.29. The largest absolute Gasteiger partial charge is 0.388 e. The standard InChI is InChI=1S/C14H17BrFNO2/c1-14(2,19)12-4-3-7-17(12)13(18)10-8-9(15)5-6-11(10)16/h5-6,8,12,19H,3-4,7H2,1-2H3. The van der Waals surface area contributed by atoms with E-state index in [0.717, 1.165) is 12.8 Å². The monoisotopic (exact) mass is 329 g/mol. The van der Waals surface area contributed by atoms with Crippen LogP contribution in [-0.4, -0.2) is 34.1 Å². The number of carbonyl (C=O) groups excluding carboxylic acids is 1. The molecule has 0 bridgehead atoms. The molecule has 1 aliphatic heterocycles. The van der Waals surface area contributed by atoms with Gasteiger partial charge in [0.1, 0.15) is 5.82 Å².